The van der Waals surface area contributed by atoms with Crippen molar-refractivity contribution in [2.45, 2.75) is 19.3 Å². The molecule has 4 rings (SSSR count). The SMILES string of the molecule is O=C(O)CC1CCN(C(=O)c2cc3ccccc3c3cccnc23)CC1. The van der Waals surface area contributed by atoms with Gasteiger partial charge in [-0.05, 0) is 41.7 Å². The zero-order valence-electron chi connectivity index (χ0n) is 14.4. The number of hydrogen-bond acceptors (Lipinski definition) is 3. The van der Waals surface area contributed by atoms with Crippen molar-refractivity contribution >= 4 is 33.6 Å². The average Bonchev–Trinajstić information content (AvgIpc) is 2.67. The van der Waals surface area contributed by atoms with E-state index >= 15 is 0 Å². The Kier molecular flexibility index (Phi) is 4.29. The van der Waals surface area contributed by atoms with Crippen molar-refractivity contribution < 1.29 is 14.7 Å². The molecular formula is C21H20N2O3. The average molecular weight is 348 g/mol. The Morgan fingerprint density at radius 3 is 2.58 bits per heavy atom. The lowest BCUT2D eigenvalue weighted by Gasteiger charge is -2.31. The maximum Gasteiger partial charge on any atom is 0.303 e. The highest BCUT2D eigenvalue weighted by molar-refractivity contribution is 6.15. The minimum absolute atomic E-state index is 0.0202. The van der Waals surface area contributed by atoms with Crippen molar-refractivity contribution in [3.63, 3.8) is 0 Å². The number of piperidine rings is 1. The topological polar surface area (TPSA) is 70.5 Å². The van der Waals surface area contributed by atoms with Crippen molar-refractivity contribution in [2.75, 3.05) is 13.1 Å². The number of likely N-dealkylation sites (tertiary alicyclic amines) is 1. The third-order valence-corrected chi connectivity index (χ3v) is 5.21. The highest BCUT2D eigenvalue weighted by Crippen LogP contribution is 2.29. The van der Waals surface area contributed by atoms with Gasteiger partial charge in [0, 0.05) is 31.1 Å². The number of pyridine rings is 1. The summed E-state index contributed by atoms with van der Waals surface area (Å²) in [5.74, 6) is -0.629. The number of nitrogens with zero attached hydrogens (tertiary/aromatic N) is 2. The number of carboxylic acids is 1. The van der Waals surface area contributed by atoms with Crippen molar-refractivity contribution in [3.8, 4) is 0 Å². The molecule has 132 valence electrons. The zero-order chi connectivity index (χ0) is 18.1. The van der Waals surface area contributed by atoms with Crippen LogP contribution in [0.2, 0.25) is 0 Å². The predicted molar refractivity (Wildman–Crippen MR) is 100 cm³/mol. The summed E-state index contributed by atoms with van der Waals surface area (Å²) in [6.07, 6.45) is 3.36. The molecule has 0 radical (unpaired) electrons. The normalized spacial score (nSPS) is 15.5. The van der Waals surface area contributed by atoms with E-state index in [1.165, 1.54) is 0 Å². The van der Waals surface area contributed by atoms with Gasteiger partial charge < -0.3 is 10.0 Å². The number of carboxylic acid groups (broad SMARTS) is 1. The number of hydrogen-bond donors (Lipinski definition) is 1. The lowest BCUT2D eigenvalue weighted by molar-refractivity contribution is -0.138. The van der Waals surface area contributed by atoms with Gasteiger partial charge in [0.05, 0.1) is 11.1 Å². The molecule has 0 bridgehead atoms. The number of rotatable bonds is 3. The Hall–Kier alpha value is -2.95. The van der Waals surface area contributed by atoms with Crippen molar-refractivity contribution in [1.82, 2.24) is 9.88 Å². The number of benzene rings is 2. The summed E-state index contributed by atoms with van der Waals surface area (Å²) in [5, 5.41) is 12.0. The first-order chi connectivity index (χ1) is 12.6. The Morgan fingerprint density at radius 2 is 1.81 bits per heavy atom. The van der Waals surface area contributed by atoms with Crippen LogP contribution >= 0.6 is 0 Å². The summed E-state index contributed by atoms with van der Waals surface area (Å²) >= 11 is 0. The Balaban J connectivity index is 1.68. The van der Waals surface area contributed by atoms with Crippen LogP contribution in [-0.2, 0) is 4.79 Å². The van der Waals surface area contributed by atoms with E-state index in [9.17, 15) is 9.59 Å². The molecule has 0 saturated carbocycles. The summed E-state index contributed by atoms with van der Waals surface area (Å²) in [5.41, 5.74) is 1.35. The number of amides is 1. The van der Waals surface area contributed by atoms with Crippen LogP contribution < -0.4 is 0 Å². The van der Waals surface area contributed by atoms with E-state index in [2.05, 4.69) is 4.98 Å². The van der Waals surface area contributed by atoms with E-state index in [0.717, 1.165) is 34.5 Å². The quantitative estimate of drug-likeness (QED) is 0.733. The maximum atomic E-state index is 13.2. The third-order valence-electron chi connectivity index (χ3n) is 5.21. The van der Waals surface area contributed by atoms with Crippen molar-refractivity contribution in [1.29, 1.82) is 0 Å². The Bertz CT molecular complexity index is 991. The van der Waals surface area contributed by atoms with Crippen LogP contribution in [0, 0.1) is 5.92 Å². The predicted octanol–water partition coefficient (Wildman–Crippen LogP) is 3.71. The second kappa shape index (κ2) is 6.75. The molecular weight excluding hydrogens is 328 g/mol. The van der Waals surface area contributed by atoms with Gasteiger partial charge in [0.2, 0.25) is 0 Å². The first-order valence-electron chi connectivity index (χ1n) is 8.91. The van der Waals surface area contributed by atoms with Gasteiger partial charge in [0.1, 0.15) is 0 Å². The second-order valence-electron chi connectivity index (χ2n) is 6.88. The largest absolute Gasteiger partial charge is 0.481 e. The molecule has 1 aliphatic rings. The molecule has 2 heterocycles. The number of aromatic nitrogens is 1. The van der Waals surface area contributed by atoms with Crippen molar-refractivity contribution in [2.24, 2.45) is 5.92 Å². The monoisotopic (exact) mass is 348 g/mol. The lowest BCUT2D eigenvalue weighted by atomic mass is 9.93. The fourth-order valence-electron chi connectivity index (χ4n) is 3.85. The fraction of sp³-hybridized carbons (Fsp3) is 0.286. The van der Waals surface area contributed by atoms with Gasteiger partial charge in [-0.3, -0.25) is 14.6 Å². The number of aliphatic carboxylic acids is 1. The molecule has 5 nitrogen and oxygen atoms in total. The molecule has 1 N–H and O–H groups in total. The lowest BCUT2D eigenvalue weighted by Crippen LogP contribution is -2.39. The first kappa shape index (κ1) is 16.5. The summed E-state index contributed by atoms with van der Waals surface area (Å²) in [6.45, 7) is 1.19. The van der Waals surface area contributed by atoms with Gasteiger partial charge >= 0.3 is 5.97 Å². The van der Waals surface area contributed by atoms with Crippen LogP contribution in [0.15, 0.2) is 48.7 Å². The van der Waals surface area contributed by atoms with Crippen LogP contribution in [-0.4, -0.2) is 40.0 Å². The van der Waals surface area contributed by atoms with Gasteiger partial charge in [-0.25, -0.2) is 0 Å². The number of carbonyl (C=O) groups excluding carboxylic acids is 1. The summed E-state index contributed by atoms with van der Waals surface area (Å²) in [6, 6.07) is 13.8. The molecule has 26 heavy (non-hydrogen) atoms. The molecule has 3 aromatic rings. The van der Waals surface area contributed by atoms with E-state index in [1.54, 1.807) is 6.20 Å². The van der Waals surface area contributed by atoms with Gasteiger partial charge in [-0.1, -0.05) is 30.3 Å². The molecule has 1 aliphatic heterocycles. The van der Waals surface area contributed by atoms with Gasteiger partial charge in [-0.2, -0.15) is 0 Å². The molecule has 1 saturated heterocycles. The molecule has 5 heteroatoms. The van der Waals surface area contributed by atoms with E-state index < -0.39 is 5.97 Å². The van der Waals surface area contributed by atoms with Crippen molar-refractivity contribution in [3.05, 3.63) is 54.2 Å². The molecule has 1 fully saturated rings. The highest BCUT2D eigenvalue weighted by atomic mass is 16.4. The maximum absolute atomic E-state index is 13.2. The molecule has 0 aliphatic carbocycles. The van der Waals surface area contributed by atoms with E-state index in [4.69, 9.17) is 5.11 Å². The number of fused-ring (bicyclic) bond motifs is 3. The van der Waals surface area contributed by atoms with E-state index in [0.29, 0.717) is 18.7 Å². The minimum Gasteiger partial charge on any atom is -0.481 e. The fourth-order valence-corrected chi connectivity index (χ4v) is 3.85. The summed E-state index contributed by atoms with van der Waals surface area (Å²) in [7, 11) is 0. The number of carbonyl (C=O) groups is 2. The van der Waals surface area contributed by atoms with Crippen LogP contribution in [0.1, 0.15) is 29.6 Å². The van der Waals surface area contributed by atoms with Crippen LogP contribution in [0.25, 0.3) is 21.7 Å². The molecule has 2 aromatic carbocycles. The van der Waals surface area contributed by atoms with Crippen LogP contribution in [0.5, 0.6) is 0 Å². The minimum atomic E-state index is -0.764. The molecule has 0 unspecified atom stereocenters. The van der Waals surface area contributed by atoms with Crippen LogP contribution in [0.3, 0.4) is 0 Å². The highest BCUT2D eigenvalue weighted by Gasteiger charge is 2.26. The standard InChI is InChI=1S/C21H20N2O3/c24-19(25)12-14-7-10-23(11-8-14)21(26)18-13-15-4-1-2-5-16(15)17-6-3-9-22-20(17)18/h1-6,9,13-14H,7-8,10-12H2,(H,24,25). The van der Waals surface area contributed by atoms with E-state index in [-0.39, 0.29) is 18.2 Å². The Labute approximate surface area is 151 Å². The smallest absolute Gasteiger partial charge is 0.303 e. The zero-order valence-corrected chi connectivity index (χ0v) is 14.4. The molecule has 0 atom stereocenters. The summed E-state index contributed by atoms with van der Waals surface area (Å²) < 4.78 is 0. The third kappa shape index (κ3) is 3.01. The summed E-state index contributed by atoms with van der Waals surface area (Å²) in [4.78, 5) is 30.3. The molecule has 1 aromatic heterocycles. The van der Waals surface area contributed by atoms with Crippen LogP contribution in [0.4, 0.5) is 0 Å². The Morgan fingerprint density at radius 1 is 1.08 bits per heavy atom. The van der Waals surface area contributed by atoms with Gasteiger partial charge in [0.25, 0.3) is 5.91 Å². The van der Waals surface area contributed by atoms with E-state index in [1.807, 2.05) is 47.4 Å². The van der Waals surface area contributed by atoms with Gasteiger partial charge in [0.15, 0.2) is 0 Å². The first-order valence-corrected chi connectivity index (χ1v) is 8.91. The second-order valence-corrected chi connectivity index (χ2v) is 6.88. The molecule has 0 spiro atoms. The molecule has 1 amide bonds. The van der Waals surface area contributed by atoms with Gasteiger partial charge in [-0.15, -0.1) is 0 Å².